The van der Waals surface area contributed by atoms with Gasteiger partial charge in [0.1, 0.15) is 19.3 Å². The molecule has 0 amide bonds. The summed E-state index contributed by atoms with van der Waals surface area (Å²) in [5, 5.41) is 0. The first-order valence-corrected chi connectivity index (χ1v) is 23.0. The second-order valence-corrected chi connectivity index (χ2v) is 16.7. The Labute approximate surface area is 332 Å². The van der Waals surface area contributed by atoms with Crippen LogP contribution in [0.2, 0.25) is 0 Å². The van der Waals surface area contributed by atoms with Gasteiger partial charge >= 0.3 is 5.97 Å². The predicted octanol–water partition coefficient (Wildman–Crippen LogP) is 11.9. The maximum atomic E-state index is 12.6. The van der Waals surface area contributed by atoms with E-state index in [-0.39, 0.29) is 25.8 Å². The Morgan fingerprint density at radius 2 is 1.07 bits per heavy atom. The number of hydrogen-bond donors (Lipinski definition) is 0. The molecule has 2 unspecified atom stereocenters. The fraction of sp³-hybridized carbons (Fsp3) is 0.756. The minimum absolute atomic E-state index is 0.0212. The number of nitrogens with zero attached hydrogens (tertiary/aromatic N) is 1. The van der Waals surface area contributed by atoms with Gasteiger partial charge in [-0.05, 0) is 57.8 Å². The molecule has 0 saturated carbocycles. The first kappa shape index (κ1) is 52.2. The van der Waals surface area contributed by atoms with Crippen LogP contribution in [0.1, 0.15) is 162 Å². The Morgan fingerprint density at radius 3 is 1.61 bits per heavy atom. The average Bonchev–Trinajstić information content (AvgIpc) is 3.12. The molecule has 0 heterocycles. The molecule has 0 aromatic carbocycles. The van der Waals surface area contributed by atoms with E-state index in [1.165, 1.54) is 64.2 Å². The number of carbonyl (C=O) groups is 1. The summed E-state index contributed by atoms with van der Waals surface area (Å²) in [6, 6.07) is 0. The molecule has 0 aromatic rings. The monoisotopic (exact) mass is 780 g/mol. The van der Waals surface area contributed by atoms with E-state index < -0.39 is 13.9 Å². The number of quaternary nitrogens is 1. The fourth-order valence-corrected chi connectivity index (χ4v) is 6.24. The number of unbranched alkanes of at least 4 members (excludes halogenated alkanes) is 15. The highest BCUT2D eigenvalue weighted by molar-refractivity contribution is 7.45. The number of esters is 1. The zero-order valence-corrected chi connectivity index (χ0v) is 36.3. The van der Waals surface area contributed by atoms with E-state index in [4.69, 9.17) is 18.5 Å². The van der Waals surface area contributed by atoms with Crippen molar-refractivity contribution in [2.24, 2.45) is 0 Å². The van der Waals surface area contributed by atoms with Crippen LogP contribution < -0.4 is 4.89 Å². The number of hydrogen-bond acceptors (Lipinski definition) is 7. The van der Waals surface area contributed by atoms with Gasteiger partial charge in [0.2, 0.25) is 0 Å². The molecule has 9 heteroatoms. The minimum Gasteiger partial charge on any atom is -0.756 e. The summed E-state index contributed by atoms with van der Waals surface area (Å²) in [4.78, 5) is 25.0. The lowest BCUT2D eigenvalue weighted by Gasteiger charge is -2.28. The molecular weight excluding hydrogens is 697 g/mol. The molecule has 0 radical (unpaired) electrons. The van der Waals surface area contributed by atoms with Gasteiger partial charge in [-0.15, -0.1) is 0 Å². The first-order chi connectivity index (χ1) is 26.1. The maximum absolute atomic E-state index is 12.6. The number of likely N-dealkylation sites (N-methyl/N-ethyl adjacent to an activating group) is 1. The highest BCUT2D eigenvalue weighted by Crippen LogP contribution is 2.38. The van der Waals surface area contributed by atoms with Gasteiger partial charge in [0.25, 0.3) is 7.82 Å². The van der Waals surface area contributed by atoms with Crippen molar-refractivity contribution < 1.29 is 37.3 Å². The minimum atomic E-state index is -4.52. The van der Waals surface area contributed by atoms with Gasteiger partial charge in [0.05, 0.1) is 34.4 Å². The Kier molecular flexibility index (Phi) is 36.8. The molecule has 2 atom stereocenters. The van der Waals surface area contributed by atoms with Gasteiger partial charge in [-0.1, -0.05) is 158 Å². The number of phosphoric ester groups is 1. The second kappa shape index (κ2) is 38.1. The molecule has 8 nitrogen and oxygen atoms in total. The summed E-state index contributed by atoms with van der Waals surface area (Å²) in [5.41, 5.74) is 0. The van der Waals surface area contributed by atoms with Crippen LogP contribution in [0.25, 0.3) is 0 Å². The van der Waals surface area contributed by atoms with E-state index in [0.717, 1.165) is 77.0 Å². The molecule has 0 saturated heterocycles. The van der Waals surface area contributed by atoms with E-state index in [1.807, 2.05) is 21.1 Å². The predicted molar refractivity (Wildman–Crippen MR) is 226 cm³/mol. The third kappa shape index (κ3) is 41.4. The highest BCUT2D eigenvalue weighted by Gasteiger charge is 2.20. The second-order valence-electron chi connectivity index (χ2n) is 15.3. The molecule has 0 aliphatic rings. The van der Waals surface area contributed by atoms with Crippen LogP contribution in [-0.4, -0.2) is 70.7 Å². The lowest BCUT2D eigenvalue weighted by Crippen LogP contribution is -2.37. The lowest BCUT2D eigenvalue weighted by molar-refractivity contribution is -0.870. The van der Waals surface area contributed by atoms with Crippen molar-refractivity contribution in [2.45, 2.75) is 168 Å². The van der Waals surface area contributed by atoms with Gasteiger partial charge < -0.3 is 27.9 Å². The molecule has 314 valence electrons. The Balaban J connectivity index is 4.21. The summed E-state index contributed by atoms with van der Waals surface area (Å²) in [7, 11) is 1.34. The quantitative estimate of drug-likeness (QED) is 0.0202. The largest absolute Gasteiger partial charge is 0.756 e. The van der Waals surface area contributed by atoms with E-state index in [9.17, 15) is 14.3 Å². The Morgan fingerprint density at radius 1 is 0.593 bits per heavy atom. The van der Waals surface area contributed by atoms with Crippen molar-refractivity contribution in [3.8, 4) is 0 Å². The topological polar surface area (TPSA) is 94.1 Å². The normalized spacial score (nSPS) is 14.4. The molecule has 0 aliphatic heterocycles. The standard InChI is InChI=1S/C45H82NO7P/c1-6-8-10-12-14-16-18-19-20-21-22-23-24-25-26-27-28-29-31-33-35-37-40-50-42-44(43-52-54(48,49)51-41-39-46(3,4)5)53-45(47)38-36-34-32-30-17-15-13-11-9-7-2/h8,10,14,16,19-20,22-23,25-26,44H,6-7,9,11-13,15,17-18,21,24,27-43H2,1-5H3/b10-8-,16-14-,20-19-,23-22-,26-25-. The smallest absolute Gasteiger partial charge is 0.306 e. The number of phosphoric acid groups is 1. The van der Waals surface area contributed by atoms with Crippen LogP contribution in [0.5, 0.6) is 0 Å². The zero-order chi connectivity index (χ0) is 39.9. The van der Waals surface area contributed by atoms with Crippen molar-refractivity contribution in [1.29, 1.82) is 0 Å². The van der Waals surface area contributed by atoms with Crippen molar-refractivity contribution >= 4 is 13.8 Å². The zero-order valence-electron chi connectivity index (χ0n) is 35.4. The molecule has 0 fully saturated rings. The van der Waals surface area contributed by atoms with Gasteiger partial charge in [0.15, 0.2) is 0 Å². The number of rotatable bonds is 39. The molecule has 0 aromatic heterocycles. The van der Waals surface area contributed by atoms with Crippen LogP contribution in [0.4, 0.5) is 0 Å². The van der Waals surface area contributed by atoms with Crippen LogP contribution in [0.15, 0.2) is 60.8 Å². The van der Waals surface area contributed by atoms with Crippen LogP contribution in [0.3, 0.4) is 0 Å². The molecule has 0 aliphatic carbocycles. The lowest BCUT2D eigenvalue weighted by atomic mass is 10.1. The molecule has 0 rings (SSSR count). The summed E-state index contributed by atoms with van der Waals surface area (Å²) in [6.45, 7) is 5.24. The van der Waals surface area contributed by atoms with Gasteiger partial charge in [-0.2, -0.15) is 0 Å². The van der Waals surface area contributed by atoms with E-state index in [0.29, 0.717) is 24.1 Å². The first-order valence-electron chi connectivity index (χ1n) is 21.5. The van der Waals surface area contributed by atoms with Crippen molar-refractivity contribution in [1.82, 2.24) is 0 Å². The van der Waals surface area contributed by atoms with E-state index in [1.54, 1.807) is 0 Å². The molecule has 0 N–H and O–H groups in total. The van der Waals surface area contributed by atoms with Crippen molar-refractivity contribution in [3.05, 3.63) is 60.8 Å². The maximum Gasteiger partial charge on any atom is 0.306 e. The third-order valence-electron chi connectivity index (χ3n) is 8.83. The SMILES string of the molecule is CC/C=C\C/C=C\C/C=C\C/C=C\C/C=C\CCCCCCCCOCC(COP(=O)([O-])OCC[N+](C)(C)C)OC(=O)CCCCCCCCCCCC. The van der Waals surface area contributed by atoms with E-state index >= 15 is 0 Å². The summed E-state index contributed by atoms with van der Waals surface area (Å²) in [6.07, 6.45) is 46.6. The van der Waals surface area contributed by atoms with Crippen LogP contribution in [0, 0.1) is 0 Å². The number of carbonyl (C=O) groups excluding carboxylic acids is 1. The van der Waals surface area contributed by atoms with Gasteiger partial charge in [-0.3, -0.25) is 9.36 Å². The number of ether oxygens (including phenoxy) is 2. The fourth-order valence-electron chi connectivity index (χ4n) is 5.51. The van der Waals surface area contributed by atoms with Crippen molar-refractivity contribution in [2.75, 3.05) is 54.1 Å². The molecule has 0 spiro atoms. The summed E-state index contributed by atoms with van der Waals surface area (Å²) >= 11 is 0. The Hall–Kier alpha value is -1.80. The molecular formula is C45H82NO7P. The van der Waals surface area contributed by atoms with Gasteiger partial charge in [0, 0.05) is 13.0 Å². The van der Waals surface area contributed by atoms with E-state index in [2.05, 4.69) is 74.6 Å². The molecule has 54 heavy (non-hydrogen) atoms. The summed E-state index contributed by atoms with van der Waals surface area (Å²) in [5.74, 6) is -0.344. The Bertz CT molecular complexity index is 1050. The summed E-state index contributed by atoms with van der Waals surface area (Å²) < 4.78 is 34.5. The number of allylic oxidation sites excluding steroid dienone is 10. The van der Waals surface area contributed by atoms with Gasteiger partial charge in [-0.25, -0.2) is 0 Å². The van der Waals surface area contributed by atoms with Crippen LogP contribution in [-0.2, 0) is 27.9 Å². The third-order valence-corrected chi connectivity index (χ3v) is 9.80. The molecule has 0 bridgehead atoms. The highest BCUT2D eigenvalue weighted by atomic mass is 31.2. The van der Waals surface area contributed by atoms with Crippen molar-refractivity contribution in [3.63, 3.8) is 0 Å². The van der Waals surface area contributed by atoms with Crippen LogP contribution >= 0.6 is 7.82 Å². The average molecular weight is 780 g/mol.